The van der Waals surface area contributed by atoms with Gasteiger partial charge in [-0.3, -0.25) is 0 Å². The molecule has 1 aliphatic heterocycles. The number of carbonyl (C=O) groups excluding carboxylic acids is 1. The van der Waals surface area contributed by atoms with Gasteiger partial charge in [0.25, 0.3) is 0 Å². The molecule has 1 fully saturated rings. The minimum atomic E-state index is -0.318. The largest absolute Gasteiger partial charge is 0.462 e. The Hall–Kier alpha value is -2.08. The van der Waals surface area contributed by atoms with Crippen molar-refractivity contribution in [2.45, 2.75) is 26.3 Å². The summed E-state index contributed by atoms with van der Waals surface area (Å²) in [5, 5.41) is 4.40. The standard InChI is InChI=1S/C17H24N4O2/c1-4-23-17(22)13-9-20-16-12(6-8-19-16)15(13)21(3)14-10-18-7-5-11(14)2/h6,8-9,11,14,18H,4-5,7,10H2,1-3H3,(H,19,20)/t11-,14+/m1/s1. The van der Waals surface area contributed by atoms with Crippen LogP contribution in [0.3, 0.4) is 0 Å². The molecule has 0 unspecified atom stereocenters. The molecule has 6 nitrogen and oxygen atoms in total. The summed E-state index contributed by atoms with van der Waals surface area (Å²) in [6.07, 6.45) is 4.60. The summed E-state index contributed by atoms with van der Waals surface area (Å²) in [4.78, 5) is 22.1. The zero-order valence-electron chi connectivity index (χ0n) is 13.9. The van der Waals surface area contributed by atoms with Crippen molar-refractivity contribution in [3.63, 3.8) is 0 Å². The number of likely N-dealkylation sites (N-methyl/N-ethyl adjacent to an activating group) is 1. The Morgan fingerprint density at radius 3 is 3.09 bits per heavy atom. The molecule has 3 rings (SSSR count). The molecule has 0 spiro atoms. The van der Waals surface area contributed by atoms with Gasteiger partial charge in [0.1, 0.15) is 11.2 Å². The molecule has 124 valence electrons. The quantitative estimate of drug-likeness (QED) is 0.846. The van der Waals surface area contributed by atoms with Crippen molar-refractivity contribution in [1.29, 1.82) is 0 Å². The van der Waals surface area contributed by atoms with E-state index in [1.807, 2.05) is 19.2 Å². The molecule has 2 N–H and O–H groups in total. The molecule has 0 amide bonds. The fourth-order valence-electron chi connectivity index (χ4n) is 3.39. The van der Waals surface area contributed by atoms with E-state index in [-0.39, 0.29) is 5.97 Å². The van der Waals surface area contributed by atoms with Crippen LogP contribution in [0.2, 0.25) is 0 Å². The fourth-order valence-corrected chi connectivity index (χ4v) is 3.39. The van der Waals surface area contributed by atoms with Crippen LogP contribution in [0.5, 0.6) is 0 Å². The van der Waals surface area contributed by atoms with E-state index < -0.39 is 0 Å². The van der Waals surface area contributed by atoms with Crippen LogP contribution in [0.4, 0.5) is 5.69 Å². The number of aromatic nitrogens is 2. The van der Waals surface area contributed by atoms with E-state index in [1.165, 1.54) is 0 Å². The first kappa shape index (κ1) is 15.8. The lowest BCUT2D eigenvalue weighted by molar-refractivity contribution is 0.0526. The first-order valence-electron chi connectivity index (χ1n) is 8.20. The first-order chi connectivity index (χ1) is 11.1. The SMILES string of the molecule is CCOC(=O)c1cnc2[nH]ccc2c1N(C)[C@H]1CNCC[C@H]1C. The second-order valence-corrected chi connectivity index (χ2v) is 6.13. The van der Waals surface area contributed by atoms with Gasteiger partial charge < -0.3 is 19.9 Å². The van der Waals surface area contributed by atoms with Crippen molar-refractivity contribution >= 4 is 22.7 Å². The molecule has 6 heteroatoms. The van der Waals surface area contributed by atoms with E-state index in [9.17, 15) is 4.79 Å². The number of hydrogen-bond acceptors (Lipinski definition) is 5. The average Bonchev–Trinajstić information content (AvgIpc) is 3.02. The van der Waals surface area contributed by atoms with Crippen LogP contribution in [0.25, 0.3) is 11.0 Å². The van der Waals surface area contributed by atoms with Gasteiger partial charge in [0.15, 0.2) is 0 Å². The highest BCUT2D eigenvalue weighted by Gasteiger charge is 2.29. The number of rotatable bonds is 4. The Balaban J connectivity index is 2.07. The molecule has 0 aliphatic carbocycles. The molecule has 3 heterocycles. The van der Waals surface area contributed by atoms with E-state index >= 15 is 0 Å². The molecule has 0 radical (unpaired) electrons. The topological polar surface area (TPSA) is 70.2 Å². The minimum Gasteiger partial charge on any atom is -0.462 e. The number of fused-ring (bicyclic) bond motifs is 1. The lowest BCUT2D eigenvalue weighted by atomic mass is 9.93. The van der Waals surface area contributed by atoms with Crippen LogP contribution in [-0.2, 0) is 4.74 Å². The second kappa shape index (κ2) is 6.58. The lowest BCUT2D eigenvalue weighted by Crippen LogP contribution is -2.49. The summed E-state index contributed by atoms with van der Waals surface area (Å²) < 4.78 is 5.23. The molecule has 2 atom stereocenters. The predicted molar refractivity (Wildman–Crippen MR) is 90.9 cm³/mol. The lowest BCUT2D eigenvalue weighted by Gasteiger charge is -2.38. The van der Waals surface area contributed by atoms with Crippen LogP contribution in [-0.4, -0.2) is 48.7 Å². The maximum atomic E-state index is 12.4. The van der Waals surface area contributed by atoms with Crippen molar-refractivity contribution < 1.29 is 9.53 Å². The van der Waals surface area contributed by atoms with Crippen molar-refractivity contribution in [2.24, 2.45) is 5.92 Å². The van der Waals surface area contributed by atoms with Crippen molar-refractivity contribution in [1.82, 2.24) is 15.3 Å². The second-order valence-electron chi connectivity index (χ2n) is 6.13. The Labute approximate surface area is 136 Å². The van der Waals surface area contributed by atoms with E-state index in [2.05, 4.69) is 34.2 Å². The first-order valence-corrected chi connectivity index (χ1v) is 8.20. The highest BCUT2D eigenvalue weighted by Crippen LogP contribution is 2.32. The third-order valence-corrected chi connectivity index (χ3v) is 4.69. The van der Waals surface area contributed by atoms with Crippen LogP contribution < -0.4 is 10.2 Å². The van der Waals surface area contributed by atoms with Crippen LogP contribution in [0.15, 0.2) is 18.5 Å². The number of nitrogens with zero attached hydrogens (tertiary/aromatic N) is 2. The summed E-state index contributed by atoms with van der Waals surface area (Å²) >= 11 is 0. The molecule has 23 heavy (non-hydrogen) atoms. The van der Waals surface area contributed by atoms with Gasteiger partial charge in [-0.2, -0.15) is 0 Å². The van der Waals surface area contributed by atoms with Gasteiger partial charge in [-0.05, 0) is 31.9 Å². The van der Waals surface area contributed by atoms with Gasteiger partial charge >= 0.3 is 5.97 Å². The van der Waals surface area contributed by atoms with Gasteiger partial charge in [0.05, 0.1) is 12.3 Å². The van der Waals surface area contributed by atoms with E-state index in [0.29, 0.717) is 24.1 Å². The molecule has 0 aromatic carbocycles. The molecule has 0 saturated carbocycles. The smallest absolute Gasteiger partial charge is 0.341 e. The van der Waals surface area contributed by atoms with Crippen LogP contribution in [0.1, 0.15) is 30.6 Å². The number of carbonyl (C=O) groups is 1. The van der Waals surface area contributed by atoms with Gasteiger partial charge in [-0.15, -0.1) is 0 Å². The number of ether oxygens (including phenoxy) is 1. The summed E-state index contributed by atoms with van der Waals surface area (Å²) in [6, 6.07) is 2.30. The normalized spacial score (nSPS) is 21.3. The predicted octanol–water partition coefficient (Wildman–Crippen LogP) is 2.17. The third kappa shape index (κ3) is 2.91. The van der Waals surface area contributed by atoms with Crippen LogP contribution >= 0.6 is 0 Å². The molecule has 2 aromatic rings. The number of hydrogen-bond donors (Lipinski definition) is 2. The Morgan fingerprint density at radius 1 is 1.52 bits per heavy atom. The van der Waals surface area contributed by atoms with Crippen molar-refractivity contribution in [3.8, 4) is 0 Å². The Bertz CT molecular complexity index is 697. The van der Waals surface area contributed by atoms with Crippen LogP contribution in [0, 0.1) is 5.92 Å². The van der Waals surface area contributed by atoms with E-state index in [0.717, 1.165) is 36.2 Å². The minimum absolute atomic E-state index is 0.318. The number of H-pyrrole nitrogens is 1. The molecule has 2 aromatic heterocycles. The zero-order chi connectivity index (χ0) is 16.4. The highest BCUT2D eigenvalue weighted by atomic mass is 16.5. The average molecular weight is 316 g/mol. The summed E-state index contributed by atoms with van der Waals surface area (Å²) in [7, 11) is 2.05. The maximum absolute atomic E-state index is 12.4. The third-order valence-electron chi connectivity index (χ3n) is 4.69. The molecular formula is C17H24N4O2. The molecule has 1 saturated heterocycles. The monoisotopic (exact) mass is 316 g/mol. The maximum Gasteiger partial charge on any atom is 0.341 e. The number of piperidine rings is 1. The highest BCUT2D eigenvalue weighted by molar-refractivity contribution is 6.04. The summed E-state index contributed by atoms with van der Waals surface area (Å²) in [5.74, 6) is 0.236. The number of esters is 1. The number of pyridine rings is 1. The number of nitrogens with one attached hydrogen (secondary N) is 2. The van der Waals surface area contributed by atoms with E-state index in [1.54, 1.807) is 6.20 Å². The fraction of sp³-hybridized carbons (Fsp3) is 0.529. The summed E-state index contributed by atoms with van der Waals surface area (Å²) in [5.41, 5.74) is 2.21. The van der Waals surface area contributed by atoms with Crippen molar-refractivity contribution in [2.75, 3.05) is 31.6 Å². The van der Waals surface area contributed by atoms with Gasteiger partial charge in [0.2, 0.25) is 0 Å². The number of anilines is 1. The van der Waals surface area contributed by atoms with Gasteiger partial charge in [0, 0.05) is 37.4 Å². The van der Waals surface area contributed by atoms with E-state index in [4.69, 9.17) is 4.74 Å². The summed E-state index contributed by atoms with van der Waals surface area (Å²) in [6.45, 7) is 6.40. The Morgan fingerprint density at radius 2 is 2.35 bits per heavy atom. The van der Waals surface area contributed by atoms with Crippen molar-refractivity contribution in [3.05, 3.63) is 24.0 Å². The number of aromatic amines is 1. The molecular weight excluding hydrogens is 292 g/mol. The molecule has 0 bridgehead atoms. The Kier molecular flexibility index (Phi) is 4.52. The zero-order valence-corrected chi connectivity index (χ0v) is 13.9. The van der Waals surface area contributed by atoms with Gasteiger partial charge in [-0.1, -0.05) is 6.92 Å². The van der Waals surface area contributed by atoms with Gasteiger partial charge in [-0.25, -0.2) is 9.78 Å². The molecule has 1 aliphatic rings.